The molecule has 0 aliphatic rings. The van der Waals surface area contributed by atoms with Crippen LogP contribution in [0.15, 0.2) is 91.0 Å². The molecule has 0 aliphatic heterocycles. The van der Waals surface area contributed by atoms with Crippen LogP contribution in [0.5, 0.6) is 0 Å². The predicted molar refractivity (Wildman–Crippen MR) is 255 cm³/mol. The van der Waals surface area contributed by atoms with Crippen LogP contribution >= 0.6 is 0 Å². The van der Waals surface area contributed by atoms with Crippen molar-refractivity contribution in [2.45, 2.75) is 5.60 Å². The third-order valence-electron chi connectivity index (χ3n) is 9.53. The summed E-state index contributed by atoms with van der Waals surface area (Å²) < 4.78 is 89.4. The van der Waals surface area contributed by atoms with E-state index in [0.717, 1.165) is 16.7 Å². The predicted octanol–water partition coefficient (Wildman–Crippen LogP) is 4.24. The highest BCUT2D eigenvalue weighted by atomic mass is 16.6. The second-order valence-corrected chi connectivity index (χ2v) is 14.5. The smallest absolute Gasteiger partial charge is 0.143 e. The molecule has 0 amide bonds. The monoisotopic (exact) mass is 965 g/mol. The molecule has 3 rings (SSSR count). The normalized spacial score (nSPS) is 11.8. The summed E-state index contributed by atoms with van der Waals surface area (Å²) in [6, 6.07) is 31.0. The molecule has 3 aromatic carbocycles. The molecule has 0 atom stereocenters. The Hall–Kier alpha value is -3.02. The van der Waals surface area contributed by atoms with E-state index in [0.29, 0.717) is 205 Å². The van der Waals surface area contributed by atoms with E-state index in [1.165, 1.54) is 0 Å². The fourth-order valence-electron chi connectivity index (χ4n) is 6.27. The van der Waals surface area contributed by atoms with Gasteiger partial charge in [0.1, 0.15) is 5.60 Å². The molecule has 0 saturated heterocycles. The van der Waals surface area contributed by atoms with Gasteiger partial charge in [0.15, 0.2) is 0 Å². The van der Waals surface area contributed by atoms with Crippen LogP contribution in [0.3, 0.4) is 0 Å². The van der Waals surface area contributed by atoms with Crippen LogP contribution in [0.4, 0.5) is 0 Å². The molecular weight excluding hydrogens is 885 g/mol. The van der Waals surface area contributed by atoms with E-state index in [1.54, 1.807) is 0 Å². The molecule has 17 heteroatoms. The lowest BCUT2D eigenvalue weighted by Crippen LogP contribution is -2.34. The first-order valence-electron chi connectivity index (χ1n) is 24.0. The first-order chi connectivity index (χ1) is 33.9. The van der Waals surface area contributed by atoms with Gasteiger partial charge in [-0.1, -0.05) is 91.0 Å². The minimum absolute atomic E-state index is 0.0200. The van der Waals surface area contributed by atoms with E-state index in [9.17, 15) is 0 Å². The highest BCUT2D eigenvalue weighted by Gasteiger charge is 2.37. The molecule has 0 bridgehead atoms. The Balaban J connectivity index is 0.960. The third-order valence-corrected chi connectivity index (χ3v) is 9.53. The van der Waals surface area contributed by atoms with E-state index in [2.05, 4.69) is 36.4 Å². The average molecular weight is 965 g/mol. The Kier molecular flexibility index (Phi) is 39.4. The molecule has 386 valence electrons. The molecule has 0 aliphatic carbocycles. The summed E-state index contributed by atoms with van der Waals surface area (Å²) in [5, 5.41) is 8.61. The summed E-state index contributed by atoms with van der Waals surface area (Å²) in [5.41, 5.74) is 2.43. The van der Waals surface area contributed by atoms with Gasteiger partial charge in [0.2, 0.25) is 0 Å². The second kappa shape index (κ2) is 45.1. The number of aliphatic hydroxyl groups is 1. The van der Waals surface area contributed by atoms with Crippen LogP contribution < -0.4 is 0 Å². The number of hydrogen-bond donors (Lipinski definition) is 1. The summed E-state index contributed by atoms with van der Waals surface area (Å²) in [7, 11) is 0. The molecule has 0 radical (unpaired) electrons. The summed E-state index contributed by atoms with van der Waals surface area (Å²) >= 11 is 0. The zero-order chi connectivity index (χ0) is 47.8. The number of benzene rings is 3. The van der Waals surface area contributed by atoms with Crippen molar-refractivity contribution in [2.24, 2.45) is 0 Å². The Bertz CT molecular complexity index is 1370. The van der Waals surface area contributed by atoms with Gasteiger partial charge in [-0.15, -0.1) is 0 Å². The van der Waals surface area contributed by atoms with E-state index >= 15 is 0 Å². The summed E-state index contributed by atoms with van der Waals surface area (Å²) in [6.07, 6.45) is 0. The molecule has 17 nitrogen and oxygen atoms in total. The van der Waals surface area contributed by atoms with E-state index in [4.69, 9.17) is 80.9 Å². The summed E-state index contributed by atoms with van der Waals surface area (Å²) in [6.45, 7) is 14.9. The molecule has 0 fully saturated rings. The van der Waals surface area contributed by atoms with Crippen LogP contribution in [0.2, 0.25) is 0 Å². The van der Waals surface area contributed by atoms with Gasteiger partial charge in [-0.3, -0.25) is 0 Å². The zero-order valence-corrected chi connectivity index (χ0v) is 40.3. The van der Waals surface area contributed by atoms with Crippen LogP contribution in [0.25, 0.3) is 0 Å². The number of hydrogen-bond acceptors (Lipinski definition) is 17. The molecule has 0 spiro atoms. The topological polar surface area (TPSA) is 168 Å². The van der Waals surface area contributed by atoms with Gasteiger partial charge in [0.05, 0.1) is 211 Å². The summed E-state index contributed by atoms with van der Waals surface area (Å²) in [4.78, 5) is 0. The molecule has 0 aromatic heterocycles. The average Bonchev–Trinajstić information content (AvgIpc) is 3.38. The van der Waals surface area contributed by atoms with Crippen LogP contribution in [0.1, 0.15) is 16.7 Å². The lowest BCUT2D eigenvalue weighted by molar-refractivity contribution is -0.0399. The zero-order valence-electron chi connectivity index (χ0n) is 40.3. The Morgan fingerprint density at radius 2 is 0.382 bits per heavy atom. The van der Waals surface area contributed by atoms with Crippen LogP contribution in [0, 0.1) is 0 Å². The number of aliphatic hydroxyl groups excluding tert-OH is 1. The molecule has 68 heavy (non-hydrogen) atoms. The van der Waals surface area contributed by atoms with Crippen molar-refractivity contribution in [3.05, 3.63) is 108 Å². The van der Waals surface area contributed by atoms with Gasteiger partial charge in [0, 0.05) is 0 Å². The van der Waals surface area contributed by atoms with Crippen LogP contribution in [-0.2, 0) is 81.4 Å². The van der Waals surface area contributed by atoms with Gasteiger partial charge >= 0.3 is 0 Å². The van der Waals surface area contributed by atoms with Gasteiger partial charge in [0.25, 0.3) is 0 Å². The highest BCUT2D eigenvalue weighted by Crippen LogP contribution is 2.40. The molecule has 1 N–H and O–H groups in total. The first kappa shape index (κ1) is 59.3. The lowest BCUT2D eigenvalue weighted by atomic mass is 9.80. The molecule has 0 unspecified atom stereocenters. The van der Waals surface area contributed by atoms with Gasteiger partial charge in [-0.25, -0.2) is 0 Å². The number of ether oxygens (including phenoxy) is 16. The standard InChI is InChI=1S/C51H80O17/c52-16-17-53-18-19-54-20-21-55-22-23-56-24-25-57-26-27-58-28-29-59-30-31-60-32-33-61-34-35-62-36-37-63-38-39-64-40-41-65-42-43-66-44-45-67-46-47-68-51(48-10-4-1-5-11-48,49-12-6-2-7-13-49)50-14-8-3-9-15-50/h1-15,52H,16-47H2. The minimum atomic E-state index is -0.759. The molecule has 3 aromatic rings. The van der Waals surface area contributed by atoms with E-state index in [-0.39, 0.29) is 6.61 Å². The Morgan fingerprint density at radius 1 is 0.221 bits per heavy atom. The van der Waals surface area contributed by atoms with Crippen molar-refractivity contribution in [1.29, 1.82) is 0 Å². The molecule has 0 heterocycles. The molecule has 0 saturated carbocycles. The second-order valence-electron chi connectivity index (χ2n) is 14.5. The quantitative estimate of drug-likeness (QED) is 0.0630. The van der Waals surface area contributed by atoms with Crippen molar-refractivity contribution in [1.82, 2.24) is 0 Å². The van der Waals surface area contributed by atoms with Gasteiger partial charge < -0.3 is 80.9 Å². The molecular formula is C51H80O17. The lowest BCUT2D eigenvalue weighted by Gasteiger charge is -2.36. The fraction of sp³-hybridized carbons (Fsp3) is 0.647. The maximum atomic E-state index is 8.61. The minimum Gasteiger partial charge on any atom is -0.394 e. The first-order valence-corrected chi connectivity index (χ1v) is 24.0. The van der Waals surface area contributed by atoms with E-state index < -0.39 is 5.60 Å². The maximum absolute atomic E-state index is 8.61. The van der Waals surface area contributed by atoms with Crippen molar-refractivity contribution in [2.75, 3.05) is 211 Å². The van der Waals surface area contributed by atoms with Gasteiger partial charge in [-0.2, -0.15) is 0 Å². The SMILES string of the molecule is OCCOCCOCCOCCOCCOCCOCCOCCOCCOCCOCCOCCOCCOCCOCCOCCOC(c1ccccc1)(c1ccccc1)c1ccccc1. The van der Waals surface area contributed by atoms with Crippen molar-refractivity contribution >= 4 is 0 Å². The Labute approximate surface area is 404 Å². The van der Waals surface area contributed by atoms with Crippen LogP contribution in [-0.4, -0.2) is 217 Å². The summed E-state index contributed by atoms with van der Waals surface area (Å²) in [5.74, 6) is 0. The van der Waals surface area contributed by atoms with Gasteiger partial charge in [-0.05, 0) is 16.7 Å². The van der Waals surface area contributed by atoms with Crippen molar-refractivity contribution < 1.29 is 80.9 Å². The maximum Gasteiger partial charge on any atom is 0.143 e. The van der Waals surface area contributed by atoms with E-state index in [1.807, 2.05) is 54.6 Å². The Morgan fingerprint density at radius 3 is 0.559 bits per heavy atom. The van der Waals surface area contributed by atoms with Crippen molar-refractivity contribution in [3.8, 4) is 0 Å². The number of rotatable bonds is 51. The van der Waals surface area contributed by atoms with Crippen molar-refractivity contribution in [3.63, 3.8) is 0 Å². The third kappa shape index (κ3) is 30.6. The fourth-order valence-corrected chi connectivity index (χ4v) is 6.27. The highest BCUT2D eigenvalue weighted by molar-refractivity contribution is 5.47. The largest absolute Gasteiger partial charge is 0.394 e.